The highest BCUT2D eigenvalue weighted by molar-refractivity contribution is 5.77. The Labute approximate surface area is 125 Å². The number of nitrogens with zero attached hydrogens (tertiary/aromatic N) is 1. The molecule has 0 aliphatic rings. The van der Waals surface area contributed by atoms with Crippen molar-refractivity contribution in [2.45, 2.75) is 53.0 Å². The summed E-state index contributed by atoms with van der Waals surface area (Å²) in [5.41, 5.74) is 0.849. The van der Waals surface area contributed by atoms with Gasteiger partial charge >= 0.3 is 11.9 Å². The second kappa shape index (κ2) is 10.3. The highest BCUT2D eigenvalue weighted by Gasteiger charge is 2.16. The smallest absolute Gasteiger partial charge is 0.311 e. The molecule has 2 N–H and O–H groups in total. The van der Waals surface area contributed by atoms with E-state index >= 15 is 0 Å². The zero-order chi connectivity index (χ0) is 16.4. The number of carbonyl (C=O) groups excluding carboxylic acids is 2. The largest absolute Gasteiger partial charge is 0.464 e. The minimum atomic E-state index is -0.845. The number of hydrogen-bond donors (Lipinski definition) is 2. The van der Waals surface area contributed by atoms with Gasteiger partial charge in [-0.05, 0) is 33.3 Å². The molecule has 2 unspecified atom stereocenters. The topological polar surface area (TPSA) is 96.3 Å². The Hall–Kier alpha value is -1.44. The molecule has 0 fully saturated rings. The van der Waals surface area contributed by atoms with E-state index < -0.39 is 24.4 Å². The molecule has 0 saturated heterocycles. The van der Waals surface area contributed by atoms with Gasteiger partial charge in [-0.1, -0.05) is 0 Å². The SMILES string of the molecule is CC(C)=COC(=O)CCC(=O)OCCN(C(C)O)C(C)O. The molecule has 2 atom stereocenters. The van der Waals surface area contributed by atoms with Gasteiger partial charge in [0.2, 0.25) is 0 Å². The van der Waals surface area contributed by atoms with Gasteiger partial charge in [0.25, 0.3) is 0 Å². The number of hydrogen-bond acceptors (Lipinski definition) is 7. The summed E-state index contributed by atoms with van der Waals surface area (Å²) in [6.07, 6.45) is -0.486. The van der Waals surface area contributed by atoms with Crippen LogP contribution in [0, 0.1) is 0 Å². The lowest BCUT2D eigenvalue weighted by Crippen LogP contribution is -2.42. The van der Waals surface area contributed by atoms with E-state index in [1.807, 2.05) is 0 Å². The number of aliphatic hydroxyl groups is 2. The molecule has 0 aliphatic carbocycles. The molecule has 0 amide bonds. The minimum absolute atomic E-state index is 0.0254. The van der Waals surface area contributed by atoms with Crippen LogP contribution in [0.4, 0.5) is 0 Å². The summed E-state index contributed by atoms with van der Waals surface area (Å²) in [7, 11) is 0. The zero-order valence-corrected chi connectivity index (χ0v) is 13.0. The number of esters is 2. The summed E-state index contributed by atoms with van der Waals surface area (Å²) < 4.78 is 9.70. The second-order valence-electron chi connectivity index (χ2n) is 4.91. The predicted molar refractivity (Wildman–Crippen MR) is 75.8 cm³/mol. The molecule has 0 aromatic carbocycles. The average molecular weight is 303 g/mol. The number of allylic oxidation sites excluding steroid dienone is 1. The van der Waals surface area contributed by atoms with Gasteiger partial charge < -0.3 is 19.7 Å². The standard InChI is InChI=1S/C14H25NO6/c1-10(2)9-21-14(19)6-5-13(18)20-8-7-15(11(3)16)12(4)17/h9,11-12,16-17H,5-8H2,1-4H3. The number of carbonyl (C=O) groups is 2. The Kier molecular flexibility index (Phi) is 9.60. The lowest BCUT2D eigenvalue weighted by atomic mass is 10.3. The summed E-state index contributed by atoms with van der Waals surface area (Å²) in [6.45, 7) is 6.82. The maximum atomic E-state index is 11.4. The van der Waals surface area contributed by atoms with Crippen molar-refractivity contribution in [1.29, 1.82) is 0 Å². The van der Waals surface area contributed by atoms with E-state index in [0.717, 1.165) is 5.57 Å². The van der Waals surface area contributed by atoms with E-state index in [4.69, 9.17) is 9.47 Å². The first-order chi connectivity index (χ1) is 9.73. The fraction of sp³-hybridized carbons (Fsp3) is 0.714. The van der Waals surface area contributed by atoms with Crippen molar-refractivity contribution in [2.24, 2.45) is 0 Å². The first-order valence-corrected chi connectivity index (χ1v) is 6.84. The molecule has 21 heavy (non-hydrogen) atoms. The van der Waals surface area contributed by atoms with Gasteiger partial charge in [0.05, 0.1) is 19.1 Å². The van der Waals surface area contributed by atoms with Crippen LogP contribution in [-0.2, 0) is 19.1 Å². The monoisotopic (exact) mass is 303 g/mol. The number of ether oxygens (including phenoxy) is 2. The van der Waals surface area contributed by atoms with Gasteiger partial charge in [0, 0.05) is 6.54 Å². The third kappa shape index (κ3) is 10.0. The third-order valence-corrected chi connectivity index (χ3v) is 2.53. The summed E-state index contributed by atoms with van der Waals surface area (Å²) in [5.74, 6) is -1.02. The summed E-state index contributed by atoms with van der Waals surface area (Å²) in [6, 6.07) is 0. The van der Waals surface area contributed by atoms with Crippen LogP contribution in [0.25, 0.3) is 0 Å². The minimum Gasteiger partial charge on any atom is -0.464 e. The van der Waals surface area contributed by atoms with Crippen LogP contribution < -0.4 is 0 Å². The van der Waals surface area contributed by atoms with Gasteiger partial charge in [-0.2, -0.15) is 0 Å². The molecule has 7 nitrogen and oxygen atoms in total. The van der Waals surface area contributed by atoms with Crippen LogP contribution in [0.1, 0.15) is 40.5 Å². The molecule has 0 rings (SSSR count). The quantitative estimate of drug-likeness (QED) is 0.369. The van der Waals surface area contributed by atoms with E-state index in [1.165, 1.54) is 25.0 Å². The van der Waals surface area contributed by atoms with E-state index in [1.54, 1.807) is 13.8 Å². The van der Waals surface area contributed by atoms with Crippen LogP contribution in [0.15, 0.2) is 11.8 Å². The average Bonchev–Trinajstić information content (AvgIpc) is 2.37. The Bertz CT molecular complexity index is 352. The van der Waals surface area contributed by atoms with Crippen LogP contribution in [0.2, 0.25) is 0 Å². The Morgan fingerprint density at radius 2 is 1.62 bits per heavy atom. The van der Waals surface area contributed by atoms with Crippen molar-refractivity contribution >= 4 is 11.9 Å². The fourth-order valence-corrected chi connectivity index (χ4v) is 1.47. The normalized spacial score (nSPS) is 13.5. The van der Waals surface area contributed by atoms with Crippen LogP contribution in [-0.4, -0.2) is 52.7 Å². The van der Waals surface area contributed by atoms with Crippen LogP contribution in [0.5, 0.6) is 0 Å². The number of rotatable bonds is 9. The van der Waals surface area contributed by atoms with Crippen molar-refractivity contribution in [3.05, 3.63) is 11.8 Å². The highest BCUT2D eigenvalue weighted by Crippen LogP contribution is 2.02. The molecule has 0 aromatic rings. The van der Waals surface area contributed by atoms with Crippen LogP contribution >= 0.6 is 0 Å². The van der Waals surface area contributed by atoms with E-state index in [2.05, 4.69) is 0 Å². The van der Waals surface area contributed by atoms with Gasteiger partial charge in [-0.3, -0.25) is 9.59 Å². The molecular weight excluding hydrogens is 278 g/mol. The molecule has 122 valence electrons. The maximum absolute atomic E-state index is 11.4. The summed E-state index contributed by atoms with van der Waals surface area (Å²) >= 11 is 0. The van der Waals surface area contributed by atoms with Gasteiger partial charge in [0.1, 0.15) is 19.1 Å². The molecule has 0 spiro atoms. The number of aliphatic hydroxyl groups excluding tert-OH is 2. The maximum Gasteiger partial charge on any atom is 0.311 e. The fourth-order valence-electron chi connectivity index (χ4n) is 1.47. The Balaban J connectivity index is 3.90. The molecule has 0 bridgehead atoms. The van der Waals surface area contributed by atoms with Crippen LogP contribution in [0.3, 0.4) is 0 Å². The van der Waals surface area contributed by atoms with Gasteiger partial charge in [0.15, 0.2) is 0 Å². The molecular formula is C14H25NO6. The highest BCUT2D eigenvalue weighted by atomic mass is 16.5. The molecule has 0 aliphatic heterocycles. The first kappa shape index (κ1) is 19.6. The van der Waals surface area contributed by atoms with E-state index in [0.29, 0.717) is 0 Å². The zero-order valence-electron chi connectivity index (χ0n) is 13.0. The predicted octanol–water partition coefficient (Wildman–Crippen LogP) is 0.755. The van der Waals surface area contributed by atoms with Gasteiger partial charge in [-0.25, -0.2) is 4.90 Å². The Morgan fingerprint density at radius 3 is 2.10 bits per heavy atom. The molecule has 0 saturated carbocycles. The Morgan fingerprint density at radius 1 is 1.10 bits per heavy atom. The summed E-state index contributed by atoms with van der Waals surface area (Å²) in [4.78, 5) is 24.0. The third-order valence-electron chi connectivity index (χ3n) is 2.53. The molecule has 0 heterocycles. The molecule has 0 radical (unpaired) electrons. The van der Waals surface area contributed by atoms with Gasteiger partial charge in [-0.15, -0.1) is 0 Å². The molecule has 7 heteroatoms. The lowest BCUT2D eigenvalue weighted by Gasteiger charge is -2.27. The lowest BCUT2D eigenvalue weighted by molar-refractivity contribution is -0.150. The van der Waals surface area contributed by atoms with Crippen molar-refractivity contribution in [3.63, 3.8) is 0 Å². The van der Waals surface area contributed by atoms with Crippen molar-refractivity contribution < 1.29 is 29.3 Å². The van der Waals surface area contributed by atoms with Crippen molar-refractivity contribution in [1.82, 2.24) is 4.90 Å². The van der Waals surface area contributed by atoms with E-state index in [9.17, 15) is 19.8 Å². The van der Waals surface area contributed by atoms with Crippen molar-refractivity contribution in [3.8, 4) is 0 Å². The van der Waals surface area contributed by atoms with E-state index in [-0.39, 0.29) is 26.0 Å². The van der Waals surface area contributed by atoms with Crippen molar-refractivity contribution in [2.75, 3.05) is 13.2 Å². The first-order valence-electron chi connectivity index (χ1n) is 6.84. The second-order valence-corrected chi connectivity index (χ2v) is 4.91. The summed E-state index contributed by atoms with van der Waals surface area (Å²) in [5, 5.41) is 18.8. The molecule has 0 aromatic heterocycles.